The Hall–Kier alpha value is -1.39. The van der Waals surface area contributed by atoms with Crippen LogP contribution in [0.5, 0.6) is 0 Å². The summed E-state index contributed by atoms with van der Waals surface area (Å²) < 4.78 is 32.5. The average molecular weight is 286 g/mol. The molecule has 5 heteroatoms. The second-order valence-corrected chi connectivity index (χ2v) is 4.54. The maximum Gasteiger partial charge on any atom is 0.193 e. The van der Waals surface area contributed by atoms with E-state index in [9.17, 15) is 8.78 Å². The number of nitrogens with one attached hydrogen (secondary N) is 1. The van der Waals surface area contributed by atoms with Crippen LogP contribution in [-0.4, -0.2) is 6.54 Å². The van der Waals surface area contributed by atoms with E-state index >= 15 is 0 Å². The van der Waals surface area contributed by atoms with E-state index < -0.39 is 17.7 Å². The Balaban J connectivity index is 2.39. The van der Waals surface area contributed by atoms with Crippen LogP contribution in [0.3, 0.4) is 0 Å². The highest BCUT2D eigenvalue weighted by molar-refractivity contribution is 6.28. The predicted octanol–water partition coefficient (Wildman–Crippen LogP) is 4.30. The van der Waals surface area contributed by atoms with Crippen LogP contribution in [0.2, 0.25) is 5.22 Å². The molecular formula is C14H14ClF2NO. The second-order valence-electron chi connectivity index (χ2n) is 4.17. The van der Waals surface area contributed by atoms with E-state index in [-0.39, 0.29) is 10.8 Å². The minimum atomic E-state index is -0.876. The van der Waals surface area contributed by atoms with E-state index in [1.807, 2.05) is 6.92 Å². The van der Waals surface area contributed by atoms with Crippen molar-refractivity contribution in [1.82, 2.24) is 5.32 Å². The van der Waals surface area contributed by atoms with Crippen LogP contribution < -0.4 is 5.32 Å². The fourth-order valence-electron chi connectivity index (χ4n) is 1.88. The largest absolute Gasteiger partial charge is 0.448 e. The first-order valence-corrected chi connectivity index (χ1v) is 6.43. The summed E-state index contributed by atoms with van der Waals surface area (Å²) in [5.74, 6) is -1.29. The van der Waals surface area contributed by atoms with Crippen LogP contribution in [0.25, 0.3) is 0 Å². The van der Waals surface area contributed by atoms with Gasteiger partial charge in [0.05, 0.1) is 6.04 Å². The van der Waals surface area contributed by atoms with Gasteiger partial charge in [-0.25, -0.2) is 8.78 Å². The fraction of sp³-hybridized carbons (Fsp3) is 0.286. The van der Waals surface area contributed by atoms with E-state index in [0.717, 1.165) is 12.5 Å². The molecule has 2 nitrogen and oxygen atoms in total. The van der Waals surface area contributed by atoms with Gasteiger partial charge >= 0.3 is 0 Å². The lowest BCUT2D eigenvalue weighted by atomic mass is 10.0. The summed E-state index contributed by atoms with van der Waals surface area (Å²) in [6.07, 6.45) is 0.863. The van der Waals surface area contributed by atoms with Crippen molar-refractivity contribution >= 4 is 11.6 Å². The third kappa shape index (κ3) is 3.14. The minimum absolute atomic E-state index is 0.208. The Kier molecular flexibility index (Phi) is 4.56. The van der Waals surface area contributed by atoms with Gasteiger partial charge in [-0.05, 0) is 42.8 Å². The molecule has 1 unspecified atom stereocenters. The second kappa shape index (κ2) is 6.17. The summed E-state index contributed by atoms with van der Waals surface area (Å²) in [7, 11) is 0. The average Bonchev–Trinajstić information content (AvgIpc) is 2.81. The Morgan fingerprint density at radius 1 is 1.26 bits per heavy atom. The summed E-state index contributed by atoms with van der Waals surface area (Å²) in [4.78, 5) is 0. The highest BCUT2D eigenvalue weighted by Gasteiger charge is 2.22. The molecule has 1 heterocycles. The SMILES string of the molecule is CCCNC(c1ccc(Cl)o1)c1cccc(F)c1F. The zero-order valence-corrected chi connectivity index (χ0v) is 11.2. The molecule has 0 spiro atoms. The van der Waals surface area contributed by atoms with Crippen molar-refractivity contribution in [3.05, 3.63) is 58.5 Å². The Bertz CT molecular complexity index is 556. The van der Waals surface area contributed by atoms with Crippen LogP contribution in [0, 0.1) is 11.6 Å². The first-order chi connectivity index (χ1) is 9.13. The first kappa shape index (κ1) is 14.0. The summed E-state index contributed by atoms with van der Waals surface area (Å²) in [5, 5.41) is 3.34. The van der Waals surface area contributed by atoms with Gasteiger partial charge in [-0.15, -0.1) is 0 Å². The summed E-state index contributed by atoms with van der Waals surface area (Å²) in [6, 6.07) is 6.77. The standard InChI is InChI=1S/C14H14ClF2NO/c1-2-8-18-14(11-6-7-12(15)19-11)9-4-3-5-10(16)13(9)17/h3-7,14,18H,2,8H2,1H3. The van der Waals surface area contributed by atoms with Crippen LogP contribution in [0.1, 0.15) is 30.7 Å². The maximum atomic E-state index is 13.9. The minimum Gasteiger partial charge on any atom is -0.448 e. The smallest absolute Gasteiger partial charge is 0.193 e. The van der Waals surface area contributed by atoms with Crippen LogP contribution in [0.4, 0.5) is 8.78 Å². The van der Waals surface area contributed by atoms with Gasteiger partial charge in [0.25, 0.3) is 0 Å². The summed E-state index contributed by atoms with van der Waals surface area (Å²) >= 11 is 5.73. The zero-order chi connectivity index (χ0) is 13.8. The molecular weight excluding hydrogens is 272 g/mol. The van der Waals surface area contributed by atoms with Gasteiger partial charge in [-0.2, -0.15) is 0 Å². The van der Waals surface area contributed by atoms with Gasteiger partial charge in [-0.3, -0.25) is 0 Å². The van der Waals surface area contributed by atoms with Crippen molar-refractivity contribution in [1.29, 1.82) is 0 Å². The molecule has 0 fully saturated rings. The highest BCUT2D eigenvalue weighted by atomic mass is 35.5. The fourth-order valence-corrected chi connectivity index (χ4v) is 2.03. The zero-order valence-electron chi connectivity index (χ0n) is 10.4. The summed E-state index contributed by atoms with van der Waals surface area (Å²) in [5.41, 5.74) is 0.208. The van der Waals surface area contributed by atoms with E-state index in [4.69, 9.17) is 16.0 Å². The monoisotopic (exact) mass is 285 g/mol. The lowest BCUT2D eigenvalue weighted by molar-refractivity contribution is 0.426. The number of furan rings is 1. The molecule has 1 aromatic heterocycles. The number of hydrogen-bond acceptors (Lipinski definition) is 2. The molecule has 0 saturated carbocycles. The highest BCUT2D eigenvalue weighted by Crippen LogP contribution is 2.28. The van der Waals surface area contributed by atoms with Crippen molar-refractivity contribution in [3.63, 3.8) is 0 Å². The Labute approximate surface area is 115 Å². The molecule has 0 aliphatic rings. The first-order valence-electron chi connectivity index (χ1n) is 6.06. The predicted molar refractivity (Wildman–Crippen MR) is 70.2 cm³/mol. The molecule has 0 amide bonds. The van der Waals surface area contributed by atoms with E-state index in [1.165, 1.54) is 12.1 Å². The van der Waals surface area contributed by atoms with E-state index in [2.05, 4.69) is 5.32 Å². The van der Waals surface area contributed by atoms with Gasteiger partial charge < -0.3 is 9.73 Å². The van der Waals surface area contributed by atoms with Crippen molar-refractivity contribution in [2.75, 3.05) is 6.54 Å². The number of rotatable bonds is 5. The van der Waals surface area contributed by atoms with Crippen molar-refractivity contribution in [2.45, 2.75) is 19.4 Å². The number of benzene rings is 1. The Morgan fingerprint density at radius 3 is 2.68 bits per heavy atom. The van der Waals surface area contributed by atoms with E-state index in [0.29, 0.717) is 12.3 Å². The van der Waals surface area contributed by atoms with Gasteiger partial charge in [0.1, 0.15) is 5.76 Å². The quantitative estimate of drug-likeness (QED) is 0.886. The molecule has 0 aliphatic heterocycles. The van der Waals surface area contributed by atoms with Gasteiger partial charge in [0.2, 0.25) is 0 Å². The molecule has 0 bridgehead atoms. The normalized spacial score (nSPS) is 12.6. The molecule has 1 N–H and O–H groups in total. The molecule has 2 aromatic rings. The molecule has 19 heavy (non-hydrogen) atoms. The van der Waals surface area contributed by atoms with Crippen molar-refractivity contribution in [2.24, 2.45) is 0 Å². The lowest BCUT2D eigenvalue weighted by Crippen LogP contribution is -2.24. The Morgan fingerprint density at radius 2 is 2.05 bits per heavy atom. The topological polar surface area (TPSA) is 25.2 Å². The van der Waals surface area contributed by atoms with Crippen molar-refractivity contribution in [3.8, 4) is 0 Å². The lowest BCUT2D eigenvalue weighted by Gasteiger charge is -2.17. The van der Waals surface area contributed by atoms with Gasteiger partial charge in [-0.1, -0.05) is 19.1 Å². The molecule has 2 rings (SSSR count). The number of hydrogen-bond donors (Lipinski definition) is 1. The summed E-state index contributed by atoms with van der Waals surface area (Å²) in [6.45, 7) is 2.64. The third-order valence-electron chi connectivity index (χ3n) is 2.77. The molecule has 1 atom stereocenters. The van der Waals surface area contributed by atoms with Crippen LogP contribution in [-0.2, 0) is 0 Å². The van der Waals surface area contributed by atoms with Crippen LogP contribution in [0.15, 0.2) is 34.7 Å². The molecule has 102 valence electrons. The van der Waals surface area contributed by atoms with Crippen molar-refractivity contribution < 1.29 is 13.2 Å². The number of halogens is 3. The molecule has 0 aliphatic carbocycles. The molecule has 1 aromatic carbocycles. The van der Waals surface area contributed by atoms with Gasteiger partial charge in [0.15, 0.2) is 16.9 Å². The molecule has 0 saturated heterocycles. The van der Waals surface area contributed by atoms with Crippen LogP contribution >= 0.6 is 11.6 Å². The maximum absolute atomic E-state index is 13.9. The third-order valence-corrected chi connectivity index (χ3v) is 2.97. The van der Waals surface area contributed by atoms with Gasteiger partial charge in [0, 0.05) is 5.56 Å². The molecule has 0 radical (unpaired) electrons. The van der Waals surface area contributed by atoms with E-state index in [1.54, 1.807) is 12.1 Å².